The molecule has 0 aromatic heterocycles. The van der Waals surface area contributed by atoms with Crippen LogP contribution in [-0.4, -0.2) is 45.2 Å². The third-order valence-corrected chi connectivity index (χ3v) is 1.94. The van der Waals surface area contributed by atoms with Crippen molar-refractivity contribution in [3.8, 4) is 0 Å². The smallest absolute Gasteiger partial charge is 0.481 e. The van der Waals surface area contributed by atoms with Gasteiger partial charge in [-0.25, -0.2) is 0 Å². The van der Waals surface area contributed by atoms with Crippen LogP contribution in [0.2, 0.25) is 0 Å². The maximum Gasteiger partial charge on any atom is 2.00 e. The van der Waals surface area contributed by atoms with E-state index in [4.69, 9.17) is 24.9 Å². The molecule has 0 bridgehead atoms. The van der Waals surface area contributed by atoms with Crippen molar-refractivity contribution in [3.05, 3.63) is 25.7 Å². The van der Waals surface area contributed by atoms with Crippen molar-refractivity contribution < 1.29 is 69.2 Å². The van der Waals surface area contributed by atoms with Gasteiger partial charge >= 0.3 is 38.3 Å². The molecule has 0 amide bonds. The van der Waals surface area contributed by atoms with E-state index in [-0.39, 0.29) is 32.4 Å². The quantitative estimate of drug-likeness (QED) is 0.232. The molecule has 0 aliphatic rings. The first-order chi connectivity index (χ1) is 13.8. The molecule has 3 N–H and O–H groups in total. The second kappa shape index (κ2) is 38.1. The number of carbonyl (C=O) groups excluding carboxylic acids is 2. The Morgan fingerprint density at radius 2 is 1.06 bits per heavy atom. The van der Waals surface area contributed by atoms with Crippen LogP contribution in [-0.2, 0) is 53.9 Å². The van der Waals surface area contributed by atoms with Gasteiger partial charge in [0.15, 0.2) is 0 Å². The molecule has 0 rings (SSSR count). The third-order valence-electron chi connectivity index (χ3n) is 1.94. The Hall–Kier alpha value is -2.51. The number of unbranched alkanes of at least 4 members (excludes halogenated alkanes) is 2. The van der Waals surface area contributed by atoms with Crippen LogP contribution in [0.15, 0.2) is 25.7 Å². The molecular weight excluding hydrogens is 507 g/mol. The van der Waals surface area contributed by atoms with E-state index in [1.54, 1.807) is 0 Å². The van der Waals surface area contributed by atoms with E-state index in [0.29, 0.717) is 12.8 Å². The number of carboxylic acids is 3. The standard InChI is InChI=1S/C7H12O2.C5H10O2.C4H6O2.2C2H4O2.Pd/c1-3-5-6-7(8)9-4-2;1-2-3-4-5(6)7;1-3-6-4(2)5;2*1-2(3)4;/h4H,2-3,5-6H2,1H3;2-4H2,1H3,(H,6,7);3H,1H2,2H3;2*1H3,(H,3,4);/q;;;;;+2. The molecule has 10 nitrogen and oxygen atoms in total. The van der Waals surface area contributed by atoms with Crippen molar-refractivity contribution in [2.45, 2.75) is 73.1 Å². The largest absolute Gasteiger partial charge is 2.00 e. The van der Waals surface area contributed by atoms with Gasteiger partial charge in [-0.3, -0.25) is 24.0 Å². The maximum atomic E-state index is 10.5. The molecular formula is C20H36O10Pd+2. The third kappa shape index (κ3) is 135. The minimum Gasteiger partial charge on any atom is -0.481 e. The van der Waals surface area contributed by atoms with Crippen molar-refractivity contribution in [1.82, 2.24) is 0 Å². The molecule has 31 heavy (non-hydrogen) atoms. The number of esters is 2. The van der Waals surface area contributed by atoms with E-state index in [9.17, 15) is 14.4 Å². The summed E-state index contributed by atoms with van der Waals surface area (Å²) in [7, 11) is 0. The molecule has 0 aliphatic heterocycles. The zero-order chi connectivity index (χ0) is 25.0. The van der Waals surface area contributed by atoms with Crippen molar-refractivity contribution >= 4 is 29.8 Å². The molecule has 11 heteroatoms. The summed E-state index contributed by atoms with van der Waals surface area (Å²) in [5.41, 5.74) is 0. The minimum atomic E-state index is -0.833. The SMILES string of the molecule is C=COC(=O)CCCC.C=COC(C)=O.CC(=O)O.CC(=O)O.CCCCC(=O)O.[Pd+2]. The first-order valence-corrected chi connectivity index (χ1v) is 9.01. The molecule has 0 heterocycles. The second-order valence-electron chi connectivity index (χ2n) is 5.07. The Labute approximate surface area is 198 Å². The van der Waals surface area contributed by atoms with Crippen LogP contribution in [0.3, 0.4) is 0 Å². The summed E-state index contributed by atoms with van der Waals surface area (Å²) < 4.78 is 8.64. The second-order valence-corrected chi connectivity index (χ2v) is 5.07. The Morgan fingerprint density at radius 1 is 0.742 bits per heavy atom. The number of hydrogen-bond acceptors (Lipinski definition) is 7. The van der Waals surface area contributed by atoms with Crippen LogP contribution in [0, 0.1) is 0 Å². The molecule has 0 aromatic rings. The van der Waals surface area contributed by atoms with Gasteiger partial charge in [0.1, 0.15) is 0 Å². The van der Waals surface area contributed by atoms with E-state index in [1.165, 1.54) is 6.92 Å². The average Bonchev–Trinajstić information content (AvgIpc) is 2.58. The predicted octanol–water partition coefficient (Wildman–Crippen LogP) is 4.00. The molecule has 0 atom stereocenters. The van der Waals surface area contributed by atoms with E-state index in [0.717, 1.165) is 52.1 Å². The molecule has 184 valence electrons. The molecule has 0 saturated carbocycles. The maximum absolute atomic E-state index is 10.5. The molecule has 0 unspecified atom stereocenters. The van der Waals surface area contributed by atoms with Gasteiger partial charge in [-0.1, -0.05) is 39.8 Å². The van der Waals surface area contributed by atoms with Crippen LogP contribution in [0.25, 0.3) is 0 Å². The summed E-state index contributed by atoms with van der Waals surface area (Å²) in [5, 5.41) is 22.9. The summed E-state index contributed by atoms with van der Waals surface area (Å²) in [5.74, 6) is -2.88. The fraction of sp³-hybridized carbons (Fsp3) is 0.550. The topological polar surface area (TPSA) is 164 Å². The number of carboxylic acid groups (broad SMARTS) is 3. The van der Waals surface area contributed by atoms with Gasteiger partial charge in [0.05, 0.1) is 12.5 Å². The molecule has 0 fully saturated rings. The Bertz CT molecular complexity index is 470. The van der Waals surface area contributed by atoms with Crippen LogP contribution < -0.4 is 0 Å². The fourth-order valence-corrected chi connectivity index (χ4v) is 0.918. The predicted molar refractivity (Wildman–Crippen MR) is 112 cm³/mol. The van der Waals surface area contributed by atoms with E-state index < -0.39 is 17.9 Å². The average molecular weight is 543 g/mol. The van der Waals surface area contributed by atoms with Crippen molar-refractivity contribution in [3.63, 3.8) is 0 Å². The summed E-state index contributed by atoms with van der Waals surface area (Å²) >= 11 is 0. The number of ether oxygens (including phenoxy) is 2. The Morgan fingerprint density at radius 3 is 1.23 bits per heavy atom. The monoisotopic (exact) mass is 542 g/mol. The van der Waals surface area contributed by atoms with Crippen molar-refractivity contribution in [1.29, 1.82) is 0 Å². The number of carbonyl (C=O) groups is 5. The zero-order valence-electron chi connectivity index (χ0n) is 18.8. The van der Waals surface area contributed by atoms with Gasteiger partial charge in [0.25, 0.3) is 11.9 Å². The van der Waals surface area contributed by atoms with Crippen LogP contribution >= 0.6 is 0 Å². The Kier molecular flexibility index (Phi) is 52.4. The number of hydrogen-bond donors (Lipinski definition) is 3. The van der Waals surface area contributed by atoms with E-state index in [2.05, 4.69) is 22.6 Å². The zero-order valence-corrected chi connectivity index (χ0v) is 20.4. The summed E-state index contributed by atoms with van der Waals surface area (Å²) in [6, 6.07) is 0. The number of aliphatic carboxylic acids is 3. The van der Waals surface area contributed by atoms with Crippen LogP contribution in [0.4, 0.5) is 0 Å². The van der Waals surface area contributed by atoms with Gasteiger partial charge in [-0.05, 0) is 12.8 Å². The Balaban J connectivity index is -0.0000000647. The molecule has 0 aromatic carbocycles. The van der Waals surface area contributed by atoms with Crippen molar-refractivity contribution in [2.24, 2.45) is 0 Å². The van der Waals surface area contributed by atoms with Gasteiger partial charge < -0.3 is 24.8 Å². The van der Waals surface area contributed by atoms with Gasteiger partial charge in [0, 0.05) is 33.6 Å². The molecule has 0 radical (unpaired) electrons. The normalized spacial score (nSPS) is 7.39. The summed E-state index contributed by atoms with van der Waals surface area (Å²) in [6.45, 7) is 13.9. The molecule has 0 spiro atoms. The van der Waals surface area contributed by atoms with Crippen LogP contribution in [0.1, 0.15) is 73.1 Å². The van der Waals surface area contributed by atoms with Gasteiger partial charge in [-0.15, -0.1) is 0 Å². The van der Waals surface area contributed by atoms with Crippen molar-refractivity contribution in [2.75, 3.05) is 0 Å². The van der Waals surface area contributed by atoms with E-state index >= 15 is 0 Å². The first-order valence-electron chi connectivity index (χ1n) is 9.01. The van der Waals surface area contributed by atoms with Crippen LogP contribution in [0.5, 0.6) is 0 Å². The van der Waals surface area contributed by atoms with Gasteiger partial charge in [-0.2, -0.15) is 0 Å². The summed E-state index contributed by atoms with van der Waals surface area (Å²) in [4.78, 5) is 48.0. The molecule has 0 saturated heterocycles. The van der Waals surface area contributed by atoms with E-state index in [1.807, 2.05) is 13.8 Å². The number of rotatable bonds is 8. The first kappa shape index (κ1) is 42.6. The minimum absolute atomic E-state index is 0. The molecule has 0 aliphatic carbocycles. The van der Waals surface area contributed by atoms with Gasteiger partial charge in [0.2, 0.25) is 0 Å². The summed E-state index contributed by atoms with van der Waals surface area (Å²) in [6.07, 6.45) is 6.76. The fourth-order valence-electron chi connectivity index (χ4n) is 0.918.